The van der Waals surface area contributed by atoms with Gasteiger partial charge in [-0.1, -0.05) is 65.7 Å². The minimum absolute atomic E-state index is 0.136. The van der Waals surface area contributed by atoms with E-state index in [-0.39, 0.29) is 5.56 Å². The molecule has 2 heterocycles. The van der Waals surface area contributed by atoms with Crippen molar-refractivity contribution in [3.8, 4) is 28.6 Å². The third-order valence-electron chi connectivity index (χ3n) is 8.60. The van der Waals surface area contributed by atoms with E-state index in [0.29, 0.717) is 22.5 Å². The standard InChI is InChI=1S/C39H25F2N3/c1-23-14-16-35-28(18-23)26-8-3-5-12-33(26)43(35)37-21-30(39-31(40)10-7-11-32(39)41)38(20-25(37)22-42)44-34-13-6-4-9-27(34)29-19-24(2)15-17-36(29)44/h3-21H,1-2H3. The van der Waals surface area contributed by atoms with Crippen molar-refractivity contribution in [1.82, 2.24) is 9.13 Å². The van der Waals surface area contributed by atoms with Gasteiger partial charge in [-0.15, -0.1) is 0 Å². The van der Waals surface area contributed by atoms with E-state index in [1.165, 1.54) is 18.2 Å². The van der Waals surface area contributed by atoms with E-state index < -0.39 is 11.6 Å². The normalized spacial score (nSPS) is 11.6. The first-order chi connectivity index (χ1) is 21.4. The molecule has 0 aliphatic rings. The zero-order valence-electron chi connectivity index (χ0n) is 24.1. The second kappa shape index (κ2) is 9.65. The molecule has 210 valence electrons. The molecule has 44 heavy (non-hydrogen) atoms. The maximum atomic E-state index is 15.7. The molecule has 0 unspecified atom stereocenters. The molecule has 0 fully saturated rings. The van der Waals surface area contributed by atoms with Crippen LogP contribution >= 0.6 is 0 Å². The number of nitriles is 1. The number of rotatable bonds is 3. The number of benzene rings is 6. The summed E-state index contributed by atoms with van der Waals surface area (Å²) in [5.74, 6) is -1.34. The Morgan fingerprint density at radius 2 is 1.02 bits per heavy atom. The van der Waals surface area contributed by atoms with Crippen molar-refractivity contribution in [2.75, 3.05) is 0 Å². The Morgan fingerprint density at radius 1 is 0.523 bits per heavy atom. The van der Waals surface area contributed by atoms with E-state index in [1.807, 2.05) is 83.6 Å². The maximum Gasteiger partial charge on any atom is 0.134 e. The monoisotopic (exact) mass is 573 g/mol. The fraction of sp³-hybridized carbons (Fsp3) is 0.0513. The highest BCUT2D eigenvalue weighted by molar-refractivity contribution is 6.11. The fourth-order valence-electron chi connectivity index (χ4n) is 6.68. The molecule has 0 spiro atoms. The zero-order chi connectivity index (χ0) is 30.1. The lowest BCUT2D eigenvalue weighted by atomic mass is 9.98. The molecular weight excluding hydrogens is 548 g/mol. The summed E-state index contributed by atoms with van der Waals surface area (Å²) in [4.78, 5) is 0. The lowest BCUT2D eigenvalue weighted by Gasteiger charge is -2.19. The Hall–Kier alpha value is -5.73. The van der Waals surface area contributed by atoms with E-state index in [4.69, 9.17) is 0 Å². The van der Waals surface area contributed by atoms with Crippen molar-refractivity contribution in [2.45, 2.75) is 13.8 Å². The SMILES string of the molecule is Cc1ccc2c(c1)c1ccccc1n2-c1cc(-c2c(F)cccc2F)c(-n2c3ccccc3c3cc(C)ccc32)cc1C#N. The van der Waals surface area contributed by atoms with Gasteiger partial charge < -0.3 is 9.13 Å². The summed E-state index contributed by atoms with van der Waals surface area (Å²) in [6, 6.07) is 38.3. The molecule has 5 heteroatoms. The third kappa shape index (κ3) is 3.71. The summed E-state index contributed by atoms with van der Waals surface area (Å²) in [6.45, 7) is 4.09. The summed E-state index contributed by atoms with van der Waals surface area (Å²) < 4.78 is 35.5. The average Bonchev–Trinajstić information content (AvgIpc) is 3.53. The number of hydrogen-bond donors (Lipinski definition) is 0. The first-order valence-electron chi connectivity index (χ1n) is 14.5. The molecule has 0 saturated heterocycles. The van der Waals surface area contributed by atoms with Crippen molar-refractivity contribution in [2.24, 2.45) is 0 Å². The predicted octanol–water partition coefficient (Wildman–Crippen LogP) is 10.3. The van der Waals surface area contributed by atoms with Crippen LogP contribution in [0.15, 0.2) is 115 Å². The van der Waals surface area contributed by atoms with Gasteiger partial charge in [0, 0.05) is 27.1 Å². The number of halogens is 2. The van der Waals surface area contributed by atoms with Gasteiger partial charge in [-0.05, 0) is 74.5 Å². The van der Waals surface area contributed by atoms with Gasteiger partial charge in [0.15, 0.2) is 0 Å². The molecule has 0 amide bonds. The summed E-state index contributed by atoms with van der Waals surface area (Å²) in [7, 11) is 0. The average molecular weight is 574 g/mol. The summed E-state index contributed by atoms with van der Waals surface area (Å²) >= 11 is 0. The Labute approximate surface area is 252 Å². The third-order valence-corrected chi connectivity index (χ3v) is 8.60. The minimum atomic E-state index is -0.670. The van der Waals surface area contributed by atoms with Crippen molar-refractivity contribution in [3.05, 3.63) is 144 Å². The predicted molar refractivity (Wildman–Crippen MR) is 175 cm³/mol. The van der Waals surface area contributed by atoms with Crippen molar-refractivity contribution >= 4 is 43.6 Å². The molecule has 0 atom stereocenters. The largest absolute Gasteiger partial charge is 0.309 e. The number of nitrogens with zero attached hydrogens (tertiary/aromatic N) is 3. The van der Waals surface area contributed by atoms with Crippen LogP contribution in [0.1, 0.15) is 16.7 Å². The van der Waals surface area contributed by atoms with Gasteiger partial charge >= 0.3 is 0 Å². The molecule has 6 aromatic carbocycles. The molecule has 8 aromatic rings. The lowest BCUT2D eigenvalue weighted by Crippen LogP contribution is -2.05. The molecule has 8 rings (SSSR count). The van der Waals surface area contributed by atoms with Crippen LogP contribution in [0.3, 0.4) is 0 Å². The van der Waals surface area contributed by atoms with Crippen molar-refractivity contribution in [1.29, 1.82) is 5.26 Å². The molecule has 0 saturated carbocycles. The van der Waals surface area contributed by atoms with Crippen LogP contribution in [0.5, 0.6) is 0 Å². The number of fused-ring (bicyclic) bond motifs is 6. The van der Waals surface area contributed by atoms with Gasteiger partial charge in [0.25, 0.3) is 0 Å². The Balaban J connectivity index is 1.56. The van der Waals surface area contributed by atoms with Crippen LogP contribution in [0.4, 0.5) is 8.78 Å². The molecule has 0 bridgehead atoms. The van der Waals surface area contributed by atoms with E-state index >= 15 is 8.78 Å². The summed E-state index contributed by atoms with van der Waals surface area (Å²) in [6.07, 6.45) is 0. The molecule has 0 aliphatic carbocycles. The van der Waals surface area contributed by atoms with Crippen LogP contribution < -0.4 is 0 Å². The Morgan fingerprint density at radius 3 is 1.57 bits per heavy atom. The summed E-state index contributed by atoms with van der Waals surface area (Å²) in [5, 5.41) is 14.8. The van der Waals surface area contributed by atoms with Gasteiger partial charge in [-0.2, -0.15) is 5.26 Å². The van der Waals surface area contributed by atoms with Crippen LogP contribution in [0, 0.1) is 36.8 Å². The first-order valence-corrected chi connectivity index (χ1v) is 14.5. The van der Waals surface area contributed by atoms with Crippen LogP contribution in [0.25, 0.3) is 66.1 Å². The quantitative estimate of drug-likeness (QED) is 0.207. The van der Waals surface area contributed by atoms with Crippen molar-refractivity contribution < 1.29 is 8.78 Å². The highest BCUT2D eigenvalue weighted by Gasteiger charge is 2.24. The van der Waals surface area contributed by atoms with Crippen molar-refractivity contribution in [3.63, 3.8) is 0 Å². The number of para-hydroxylation sites is 2. The Kier molecular flexibility index (Phi) is 5.69. The topological polar surface area (TPSA) is 33.6 Å². The molecule has 2 aromatic heterocycles. The lowest BCUT2D eigenvalue weighted by molar-refractivity contribution is 0.589. The van der Waals surface area contributed by atoms with E-state index in [0.717, 1.165) is 54.7 Å². The maximum absolute atomic E-state index is 15.7. The zero-order valence-corrected chi connectivity index (χ0v) is 24.1. The minimum Gasteiger partial charge on any atom is -0.309 e. The van der Waals surface area contributed by atoms with Crippen LogP contribution in [-0.2, 0) is 0 Å². The van der Waals surface area contributed by atoms with Gasteiger partial charge in [-0.25, -0.2) is 8.78 Å². The first kappa shape index (κ1) is 25.9. The van der Waals surface area contributed by atoms with E-state index in [1.54, 1.807) is 12.1 Å². The van der Waals surface area contributed by atoms with E-state index in [2.05, 4.69) is 30.3 Å². The fourth-order valence-corrected chi connectivity index (χ4v) is 6.68. The second-order valence-corrected chi connectivity index (χ2v) is 11.3. The highest BCUT2D eigenvalue weighted by Crippen LogP contribution is 2.42. The highest BCUT2D eigenvalue weighted by atomic mass is 19.1. The smallest absolute Gasteiger partial charge is 0.134 e. The molecule has 3 nitrogen and oxygen atoms in total. The van der Waals surface area contributed by atoms with Gasteiger partial charge in [0.2, 0.25) is 0 Å². The molecule has 0 radical (unpaired) electrons. The summed E-state index contributed by atoms with van der Waals surface area (Å²) in [5.41, 5.74) is 7.51. The van der Waals surface area contributed by atoms with Gasteiger partial charge in [-0.3, -0.25) is 0 Å². The molecule has 0 aliphatic heterocycles. The van der Waals surface area contributed by atoms with Gasteiger partial charge in [0.1, 0.15) is 17.7 Å². The number of hydrogen-bond acceptors (Lipinski definition) is 1. The Bertz CT molecular complexity index is 2490. The molecular formula is C39H25F2N3. The van der Waals surface area contributed by atoms with Crippen LogP contribution in [0.2, 0.25) is 0 Å². The van der Waals surface area contributed by atoms with Crippen LogP contribution in [-0.4, -0.2) is 9.13 Å². The molecule has 0 N–H and O–H groups in total. The second-order valence-electron chi connectivity index (χ2n) is 11.3. The van der Waals surface area contributed by atoms with E-state index in [9.17, 15) is 5.26 Å². The number of aromatic nitrogens is 2. The number of aryl methyl sites for hydroxylation is 2. The van der Waals surface area contributed by atoms with Gasteiger partial charge in [0.05, 0.1) is 44.6 Å².